The Balaban J connectivity index is 2.73. The van der Waals surface area contributed by atoms with Crippen LogP contribution in [0.5, 0.6) is 0 Å². The first-order valence-corrected chi connectivity index (χ1v) is 4.99. The molecule has 0 aliphatic carbocycles. The van der Waals surface area contributed by atoms with Crippen molar-refractivity contribution in [1.82, 2.24) is 4.90 Å². The molecular weight excluding hydrogens is 167 g/mol. The predicted octanol–water partition coefficient (Wildman–Crippen LogP) is 1.40. The van der Waals surface area contributed by atoms with E-state index in [0.717, 1.165) is 0 Å². The largest absolute Gasteiger partial charge is 0.330 e. The van der Waals surface area contributed by atoms with E-state index >= 15 is 0 Å². The molecular formula is C10H21FN2. The molecule has 1 fully saturated rings. The highest BCUT2D eigenvalue weighted by molar-refractivity contribution is 4.96. The third-order valence-corrected chi connectivity index (χ3v) is 3.08. The highest BCUT2D eigenvalue weighted by Gasteiger charge is 2.42. The lowest BCUT2D eigenvalue weighted by Crippen LogP contribution is -2.45. The lowest BCUT2D eigenvalue weighted by Gasteiger charge is -2.36. The molecule has 0 saturated carbocycles. The average molecular weight is 188 g/mol. The molecule has 3 atom stereocenters. The lowest BCUT2D eigenvalue weighted by atomic mass is 9.99. The number of likely N-dealkylation sites (tertiary alicyclic amines) is 1. The van der Waals surface area contributed by atoms with Crippen LogP contribution in [0.1, 0.15) is 27.7 Å². The highest BCUT2D eigenvalue weighted by Crippen LogP contribution is 2.31. The Bertz CT molecular complexity index is 176. The van der Waals surface area contributed by atoms with Gasteiger partial charge in [-0.1, -0.05) is 0 Å². The van der Waals surface area contributed by atoms with Crippen molar-refractivity contribution in [3.8, 4) is 0 Å². The summed E-state index contributed by atoms with van der Waals surface area (Å²) in [6.45, 7) is 9.42. The van der Waals surface area contributed by atoms with E-state index < -0.39 is 6.17 Å². The van der Waals surface area contributed by atoms with E-state index in [-0.39, 0.29) is 17.5 Å². The van der Waals surface area contributed by atoms with Crippen LogP contribution in [0.4, 0.5) is 4.39 Å². The maximum atomic E-state index is 13.5. The molecule has 2 nitrogen and oxygen atoms in total. The van der Waals surface area contributed by atoms with Crippen molar-refractivity contribution in [2.45, 2.75) is 45.4 Å². The zero-order valence-corrected chi connectivity index (χ0v) is 9.05. The zero-order valence-electron chi connectivity index (χ0n) is 9.05. The lowest BCUT2D eigenvalue weighted by molar-refractivity contribution is 0.117. The zero-order chi connectivity index (χ0) is 10.2. The molecule has 78 valence electrons. The summed E-state index contributed by atoms with van der Waals surface area (Å²) in [5.41, 5.74) is 5.60. The van der Waals surface area contributed by atoms with Crippen molar-refractivity contribution in [3.63, 3.8) is 0 Å². The van der Waals surface area contributed by atoms with Crippen molar-refractivity contribution in [3.05, 3.63) is 0 Å². The predicted molar refractivity (Wildman–Crippen MR) is 53.4 cm³/mol. The Morgan fingerprint density at radius 1 is 1.46 bits per heavy atom. The van der Waals surface area contributed by atoms with E-state index in [1.807, 2.05) is 0 Å². The Labute approximate surface area is 80.3 Å². The summed E-state index contributed by atoms with van der Waals surface area (Å²) in [5, 5.41) is 0. The third-order valence-electron chi connectivity index (χ3n) is 3.08. The summed E-state index contributed by atoms with van der Waals surface area (Å²) in [7, 11) is 0. The topological polar surface area (TPSA) is 29.3 Å². The Morgan fingerprint density at radius 3 is 2.23 bits per heavy atom. The van der Waals surface area contributed by atoms with Gasteiger partial charge in [-0.05, 0) is 34.2 Å². The summed E-state index contributed by atoms with van der Waals surface area (Å²) in [5.74, 6) is 0.0132. The molecule has 13 heavy (non-hydrogen) atoms. The van der Waals surface area contributed by atoms with E-state index in [1.54, 1.807) is 0 Å². The van der Waals surface area contributed by atoms with Crippen LogP contribution in [0.25, 0.3) is 0 Å². The van der Waals surface area contributed by atoms with Crippen molar-refractivity contribution in [1.29, 1.82) is 0 Å². The van der Waals surface area contributed by atoms with Crippen LogP contribution >= 0.6 is 0 Å². The molecule has 0 radical (unpaired) electrons. The number of rotatable bonds is 1. The van der Waals surface area contributed by atoms with Gasteiger partial charge in [0.1, 0.15) is 6.17 Å². The number of hydrogen-bond donors (Lipinski definition) is 1. The van der Waals surface area contributed by atoms with Gasteiger partial charge in [0.2, 0.25) is 0 Å². The van der Waals surface area contributed by atoms with Crippen LogP contribution in [0.2, 0.25) is 0 Å². The number of halogens is 1. The summed E-state index contributed by atoms with van der Waals surface area (Å²) in [6, 6.07) is 0.264. The fourth-order valence-electron chi connectivity index (χ4n) is 2.25. The van der Waals surface area contributed by atoms with Crippen molar-refractivity contribution < 1.29 is 4.39 Å². The first kappa shape index (κ1) is 10.9. The fraction of sp³-hybridized carbons (Fsp3) is 1.00. The minimum absolute atomic E-state index is 0.0132. The first-order chi connectivity index (χ1) is 5.88. The molecule has 1 aliphatic heterocycles. The SMILES string of the molecule is C[C@@H]1[C@H](CN)[C@@H](F)CN1C(C)(C)C. The maximum absolute atomic E-state index is 13.5. The molecule has 1 saturated heterocycles. The quantitative estimate of drug-likeness (QED) is 0.674. The van der Waals surface area contributed by atoms with Crippen molar-refractivity contribution in [2.24, 2.45) is 11.7 Å². The average Bonchev–Trinajstić information content (AvgIpc) is 2.25. The summed E-state index contributed by atoms with van der Waals surface area (Å²) in [6.07, 6.45) is -0.751. The number of nitrogens with zero attached hydrogens (tertiary/aromatic N) is 1. The fourth-order valence-corrected chi connectivity index (χ4v) is 2.25. The second kappa shape index (κ2) is 3.54. The first-order valence-electron chi connectivity index (χ1n) is 4.99. The van der Waals surface area contributed by atoms with Crippen molar-refractivity contribution in [2.75, 3.05) is 13.1 Å². The van der Waals surface area contributed by atoms with Gasteiger partial charge in [-0.2, -0.15) is 0 Å². The molecule has 0 aromatic carbocycles. The van der Waals surface area contributed by atoms with Gasteiger partial charge in [0.25, 0.3) is 0 Å². The molecule has 0 aromatic rings. The molecule has 1 aliphatic rings. The Morgan fingerprint density at radius 2 is 2.00 bits per heavy atom. The van der Waals surface area contributed by atoms with Gasteiger partial charge in [-0.15, -0.1) is 0 Å². The van der Waals surface area contributed by atoms with Crippen LogP contribution in [0.15, 0.2) is 0 Å². The van der Waals surface area contributed by atoms with E-state index in [1.165, 1.54) is 0 Å². The normalized spacial score (nSPS) is 36.9. The number of hydrogen-bond acceptors (Lipinski definition) is 2. The third kappa shape index (κ3) is 2.02. The summed E-state index contributed by atoms with van der Waals surface area (Å²) in [4.78, 5) is 2.20. The van der Waals surface area contributed by atoms with Gasteiger partial charge in [0, 0.05) is 24.0 Å². The summed E-state index contributed by atoms with van der Waals surface area (Å²) >= 11 is 0. The molecule has 0 unspecified atom stereocenters. The molecule has 0 bridgehead atoms. The molecule has 2 N–H and O–H groups in total. The maximum Gasteiger partial charge on any atom is 0.118 e. The van der Waals surface area contributed by atoms with Gasteiger partial charge in [-0.25, -0.2) is 4.39 Å². The monoisotopic (exact) mass is 188 g/mol. The number of nitrogens with two attached hydrogens (primary N) is 1. The van der Waals surface area contributed by atoms with E-state index in [4.69, 9.17) is 5.73 Å². The van der Waals surface area contributed by atoms with Crippen LogP contribution in [-0.2, 0) is 0 Å². The molecule has 1 rings (SSSR count). The van der Waals surface area contributed by atoms with Crippen LogP contribution < -0.4 is 5.73 Å². The molecule has 0 aromatic heterocycles. The van der Waals surface area contributed by atoms with Gasteiger partial charge in [0.05, 0.1) is 0 Å². The molecule has 3 heteroatoms. The second-order valence-electron chi connectivity index (χ2n) is 4.98. The molecule has 1 heterocycles. The van der Waals surface area contributed by atoms with Crippen LogP contribution in [0.3, 0.4) is 0 Å². The number of alkyl halides is 1. The second-order valence-corrected chi connectivity index (χ2v) is 4.98. The van der Waals surface area contributed by atoms with E-state index in [0.29, 0.717) is 13.1 Å². The minimum Gasteiger partial charge on any atom is -0.330 e. The standard InChI is InChI=1S/C10H21FN2/c1-7-8(5-12)9(11)6-13(7)10(2,3)4/h7-9H,5-6,12H2,1-4H3/t7-,8+,9+/m1/s1. The van der Waals surface area contributed by atoms with Gasteiger partial charge in [0.15, 0.2) is 0 Å². The van der Waals surface area contributed by atoms with E-state index in [9.17, 15) is 4.39 Å². The molecule has 0 spiro atoms. The van der Waals surface area contributed by atoms with E-state index in [2.05, 4.69) is 32.6 Å². The van der Waals surface area contributed by atoms with Crippen LogP contribution in [-0.4, -0.2) is 35.7 Å². The Kier molecular flexibility index (Phi) is 2.98. The smallest absolute Gasteiger partial charge is 0.118 e. The van der Waals surface area contributed by atoms with Crippen molar-refractivity contribution >= 4 is 0 Å². The molecule has 0 amide bonds. The van der Waals surface area contributed by atoms with Crippen LogP contribution in [0, 0.1) is 5.92 Å². The summed E-state index contributed by atoms with van der Waals surface area (Å²) < 4.78 is 13.5. The van der Waals surface area contributed by atoms with Gasteiger partial charge >= 0.3 is 0 Å². The van der Waals surface area contributed by atoms with Gasteiger partial charge < -0.3 is 5.73 Å². The highest BCUT2D eigenvalue weighted by atomic mass is 19.1. The minimum atomic E-state index is -0.751. The Hall–Kier alpha value is -0.150. The van der Waals surface area contributed by atoms with Gasteiger partial charge in [-0.3, -0.25) is 4.90 Å².